The predicted octanol–water partition coefficient (Wildman–Crippen LogP) is 3.88. The van der Waals surface area contributed by atoms with Gasteiger partial charge in [-0.2, -0.15) is 0 Å². The largest absolute Gasteiger partial charge is 0.365 e. The van der Waals surface area contributed by atoms with Gasteiger partial charge in [0.05, 0.1) is 17.8 Å². The summed E-state index contributed by atoms with van der Waals surface area (Å²) in [7, 11) is 0. The van der Waals surface area contributed by atoms with E-state index in [2.05, 4.69) is 9.97 Å². The van der Waals surface area contributed by atoms with Crippen LogP contribution in [0.15, 0.2) is 42.9 Å². The first kappa shape index (κ1) is 15.9. The van der Waals surface area contributed by atoms with Gasteiger partial charge in [-0.3, -0.25) is 9.78 Å². The molecule has 1 spiro atoms. The number of rotatable bonds is 1. The molecule has 1 amide bonds. The number of likely N-dealkylation sites (tertiary alicyclic amines) is 1. The number of aromatic nitrogens is 2. The molecule has 1 saturated heterocycles. The lowest BCUT2D eigenvalue weighted by Gasteiger charge is -2.39. The molecule has 132 valence electrons. The van der Waals surface area contributed by atoms with Crippen molar-refractivity contribution in [3.63, 3.8) is 0 Å². The number of halogens is 1. The number of nitrogens with one attached hydrogen (secondary N) is 1. The molecular formula is C20H18ClN3O2. The minimum absolute atomic E-state index is 0.0535. The number of nitrogens with zero attached hydrogens (tertiary/aromatic N) is 2. The molecule has 5 nitrogen and oxygen atoms in total. The number of hydrogen-bond acceptors (Lipinski definition) is 3. The number of amides is 1. The molecule has 1 fully saturated rings. The zero-order valence-corrected chi connectivity index (χ0v) is 14.9. The topological polar surface area (TPSA) is 58.2 Å². The molecule has 3 aromatic rings. The highest BCUT2D eigenvalue weighted by molar-refractivity contribution is 6.31. The molecule has 2 aliphatic rings. The van der Waals surface area contributed by atoms with Crippen LogP contribution in [0.25, 0.3) is 10.9 Å². The Morgan fingerprint density at radius 2 is 2.12 bits per heavy atom. The molecule has 0 radical (unpaired) electrons. The number of piperidine rings is 1. The van der Waals surface area contributed by atoms with Crippen LogP contribution in [0, 0.1) is 0 Å². The summed E-state index contributed by atoms with van der Waals surface area (Å²) < 4.78 is 6.16. The first-order valence-corrected chi connectivity index (χ1v) is 9.17. The van der Waals surface area contributed by atoms with Gasteiger partial charge in [0, 0.05) is 53.2 Å². The van der Waals surface area contributed by atoms with E-state index in [-0.39, 0.29) is 11.5 Å². The van der Waals surface area contributed by atoms with Crippen LogP contribution in [0.1, 0.15) is 34.3 Å². The number of pyridine rings is 1. The fraction of sp³-hybridized carbons (Fsp3) is 0.300. The molecule has 0 atom stereocenters. The summed E-state index contributed by atoms with van der Waals surface area (Å²) in [5, 5.41) is 1.57. The van der Waals surface area contributed by atoms with Crippen LogP contribution in [0.3, 0.4) is 0 Å². The average Bonchev–Trinajstić information content (AvgIpc) is 3.24. The Morgan fingerprint density at radius 3 is 2.96 bits per heavy atom. The molecule has 0 aliphatic carbocycles. The normalized spacial score (nSPS) is 18.4. The Bertz CT molecular complexity index is 1010. The first-order valence-electron chi connectivity index (χ1n) is 8.80. The van der Waals surface area contributed by atoms with Gasteiger partial charge in [0.1, 0.15) is 0 Å². The van der Waals surface area contributed by atoms with E-state index in [0.29, 0.717) is 30.3 Å². The number of ether oxygens (including phenoxy) is 1. The Balaban J connectivity index is 1.38. The SMILES string of the molecule is O=C(c1c[nH]c2cc(Cl)ccc12)N1CCC2(CC1)OCc1ccncc12. The second-order valence-electron chi connectivity index (χ2n) is 7.00. The molecular weight excluding hydrogens is 350 g/mol. The Kier molecular flexibility index (Phi) is 3.55. The second-order valence-corrected chi connectivity index (χ2v) is 7.44. The quantitative estimate of drug-likeness (QED) is 0.710. The fourth-order valence-corrected chi connectivity index (χ4v) is 4.36. The minimum atomic E-state index is -0.284. The van der Waals surface area contributed by atoms with E-state index in [9.17, 15) is 4.79 Å². The van der Waals surface area contributed by atoms with E-state index >= 15 is 0 Å². The molecule has 26 heavy (non-hydrogen) atoms. The highest BCUT2D eigenvalue weighted by Crippen LogP contribution is 2.43. The van der Waals surface area contributed by atoms with Crippen molar-refractivity contribution in [1.82, 2.24) is 14.9 Å². The van der Waals surface area contributed by atoms with Crippen molar-refractivity contribution in [3.8, 4) is 0 Å². The zero-order valence-electron chi connectivity index (χ0n) is 14.2. The summed E-state index contributed by atoms with van der Waals surface area (Å²) in [4.78, 5) is 22.4. The lowest BCUT2D eigenvalue weighted by Crippen LogP contribution is -2.45. The van der Waals surface area contributed by atoms with Crippen LogP contribution in [-0.4, -0.2) is 33.9 Å². The van der Waals surface area contributed by atoms with Crippen molar-refractivity contribution < 1.29 is 9.53 Å². The van der Waals surface area contributed by atoms with Gasteiger partial charge in [0.25, 0.3) is 5.91 Å². The summed E-state index contributed by atoms with van der Waals surface area (Å²) in [6.07, 6.45) is 7.10. The molecule has 0 bridgehead atoms. The third-order valence-corrected chi connectivity index (χ3v) is 5.87. The standard InChI is InChI=1S/C20H18ClN3O2/c21-14-1-2-15-16(10-23-18(15)9-14)19(25)24-7-4-20(5-8-24)17-11-22-6-3-13(17)12-26-20/h1-3,6,9-11,23H,4-5,7-8,12H2. The Hall–Kier alpha value is -2.37. The van der Waals surface area contributed by atoms with Gasteiger partial charge < -0.3 is 14.6 Å². The van der Waals surface area contributed by atoms with Gasteiger partial charge in [0.2, 0.25) is 0 Å². The number of carbonyl (C=O) groups is 1. The fourth-order valence-electron chi connectivity index (χ4n) is 4.18. The number of aromatic amines is 1. The van der Waals surface area contributed by atoms with E-state index in [1.165, 1.54) is 11.1 Å². The molecule has 4 heterocycles. The first-order chi connectivity index (χ1) is 12.7. The van der Waals surface area contributed by atoms with Gasteiger partial charge in [-0.05, 0) is 36.6 Å². The van der Waals surface area contributed by atoms with E-state index in [0.717, 1.165) is 23.7 Å². The van der Waals surface area contributed by atoms with Crippen LogP contribution in [0.2, 0.25) is 5.02 Å². The van der Waals surface area contributed by atoms with Crippen molar-refractivity contribution in [1.29, 1.82) is 0 Å². The highest BCUT2D eigenvalue weighted by Gasteiger charge is 2.43. The molecule has 6 heteroatoms. The summed E-state index contributed by atoms with van der Waals surface area (Å²) >= 11 is 6.03. The third kappa shape index (κ3) is 2.35. The van der Waals surface area contributed by atoms with Gasteiger partial charge in [-0.25, -0.2) is 0 Å². The Labute approximate surface area is 155 Å². The van der Waals surface area contributed by atoms with Crippen molar-refractivity contribution >= 4 is 28.4 Å². The van der Waals surface area contributed by atoms with Gasteiger partial charge in [-0.1, -0.05) is 17.7 Å². The van der Waals surface area contributed by atoms with E-state index in [1.54, 1.807) is 6.20 Å². The number of carbonyl (C=O) groups excluding carboxylic acids is 1. The van der Waals surface area contributed by atoms with Gasteiger partial charge in [-0.15, -0.1) is 0 Å². The number of fused-ring (bicyclic) bond motifs is 3. The minimum Gasteiger partial charge on any atom is -0.365 e. The van der Waals surface area contributed by atoms with Crippen LogP contribution >= 0.6 is 11.6 Å². The average molecular weight is 368 g/mol. The molecule has 5 rings (SSSR count). The molecule has 1 N–H and O–H groups in total. The molecule has 1 aromatic carbocycles. The summed E-state index contributed by atoms with van der Waals surface area (Å²) in [6.45, 7) is 1.98. The maximum atomic E-state index is 13.0. The third-order valence-electron chi connectivity index (χ3n) is 5.64. The van der Waals surface area contributed by atoms with Gasteiger partial charge >= 0.3 is 0 Å². The van der Waals surface area contributed by atoms with Gasteiger partial charge in [0.15, 0.2) is 0 Å². The van der Waals surface area contributed by atoms with E-state index in [4.69, 9.17) is 16.3 Å². The van der Waals surface area contributed by atoms with Crippen molar-refractivity contribution in [2.45, 2.75) is 25.0 Å². The van der Waals surface area contributed by atoms with Crippen molar-refractivity contribution in [3.05, 3.63) is 64.6 Å². The maximum absolute atomic E-state index is 13.0. The van der Waals surface area contributed by atoms with Crippen LogP contribution in [-0.2, 0) is 16.9 Å². The monoisotopic (exact) mass is 367 g/mol. The molecule has 2 aromatic heterocycles. The Morgan fingerprint density at radius 1 is 1.27 bits per heavy atom. The summed E-state index contributed by atoms with van der Waals surface area (Å²) in [6, 6.07) is 7.58. The highest BCUT2D eigenvalue weighted by atomic mass is 35.5. The predicted molar refractivity (Wildman–Crippen MR) is 99.2 cm³/mol. The number of hydrogen-bond donors (Lipinski definition) is 1. The van der Waals surface area contributed by atoms with E-state index < -0.39 is 0 Å². The number of benzene rings is 1. The van der Waals surface area contributed by atoms with Crippen molar-refractivity contribution in [2.75, 3.05) is 13.1 Å². The number of H-pyrrole nitrogens is 1. The lowest BCUT2D eigenvalue weighted by molar-refractivity contribution is -0.0742. The molecule has 2 aliphatic heterocycles. The second kappa shape index (κ2) is 5.83. The smallest absolute Gasteiger partial charge is 0.256 e. The molecule has 0 saturated carbocycles. The summed E-state index contributed by atoms with van der Waals surface area (Å²) in [5.41, 5.74) is 3.70. The molecule has 0 unspecified atom stereocenters. The maximum Gasteiger partial charge on any atom is 0.256 e. The van der Waals surface area contributed by atoms with E-state index in [1.807, 2.05) is 41.6 Å². The lowest BCUT2D eigenvalue weighted by atomic mass is 9.84. The van der Waals surface area contributed by atoms with Crippen LogP contribution < -0.4 is 0 Å². The van der Waals surface area contributed by atoms with Crippen molar-refractivity contribution in [2.24, 2.45) is 0 Å². The summed E-state index contributed by atoms with van der Waals surface area (Å²) in [5.74, 6) is 0.0535. The van der Waals surface area contributed by atoms with Crippen LogP contribution in [0.5, 0.6) is 0 Å². The zero-order chi connectivity index (χ0) is 17.7. The van der Waals surface area contributed by atoms with Crippen LogP contribution in [0.4, 0.5) is 0 Å².